The van der Waals surface area contributed by atoms with E-state index in [1.54, 1.807) is 17.0 Å². The molecule has 1 fully saturated rings. The van der Waals surface area contributed by atoms with Crippen molar-refractivity contribution in [1.29, 1.82) is 0 Å². The molecule has 0 bridgehead atoms. The number of halogens is 2. The van der Waals surface area contributed by atoms with Gasteiger partial charge in [-0.15, -0.1) is 0 Å². The highest BCUT2D eigenvalue weighted by atomic mass is 79.9. The van der Waals surface area contributed by atoms with Crippen LogP contribution in [0.3, 0.4) is 0 Å². The van der Waals surface area contributed by atoms with Crippen LogP contribution < -0.4 is 5.32 Å². The normalized spacial score (nSPS) is 24.1. The molecule has 0 spiro atoms. The second kappa shape index (κ2) is 5.36. The fourth-order valence-corrected chi connectivity index (χ4v) is 2.71. The quantitative estimate of drug-likeness (QED) is 0.863. The van der Waals surface area contributed by atoms with Crippen molar-refractivity contribution < 1.29 is 9.18 Å². The van der Waals surface area contributed by atoms with Gasteiger partial charge < -0.3 is 10.2 Å². The van der Waals surface area contributed by atoms with Crippen LogP contribution >= 0.6 is 15.9 Å². The largest absolute Gasteiger partial charge is 0.331 e. The fraction of sp³-hybridized carbons (Fsp3) is 0.462. The molecule has 98 valence electrons. The lowest BCUT2D eigenvalue weighted by Gasteiger charge is -2.39. The van der Waals surface area contributed by atoms with Gasteiger partial charge in [0.25, 0.3) is 5.91 Å². The molecule has 1 N–H and O–H groups in total. The standard InChI is InChI=1S/C13H16BrFN2O/c1-8-6-16-7-9(2)17(8)13(18)10-4-3-5-11(14)12(10)15/h3-5,8-9,16H,6-7H2,1-2H3. The second-order valence-electron chi connectivity index (χ2n) is 4.67. The number of amides is 1. The highest BCUT2D eigenvalue weighted by Crippen LogP contribution is 2.22. The highest BCUT2D eigenvalue weighted by Gasteiger charge is 2.31. The SMILES string of the molecule is CC1CNCC(C)N1C(=O)c1cccc(Br)c1F. The van der Waals surface area contributed by atoms with Crippen LogP contribution in [0.2, 0.25) is 0 Å². The first kappa shape index (κ1) is 13.5. The van der Waals surface area contributed by atoms with Gasteiger partial charge in [-0.25, -0.2) is 4.39 Å². The third-order valence-corrected chi connectivity index (χ3v) is 3.86. The molecule has 1 aliphatic rings. The van der Waals surface area contributed by atoms with E-state index >= 15 is 0 Å². The van der Waals surface area contributed by atoms with Crippen molar-refractivity contribution in [1.82, 2.24) is 10.2 Å². The van der Waals surface area contributed by atoms with Crippen molar-refractivity contribution in [2.75, 3.05) is 13.1 Å². The van der Waals surface area contributed by atoms with E-state index in [0.717, 1.165) is 13.1 Å². The number of carbonyl (C=O) groups excluding carboxylic acids is 1. The zero-order valence-electron chi connectivity index (χ0n) is 10.4. The third-order valence-electron chi connectivity index (χ3n) is 3.25. The predicted molar refractivity (Wildman–Crippen MR) is 72.1 cm³/mol. The van der Waals surface area contributed by atoms with E-state index in [9.17, 15) is 9.18 Å². The molecule has 2 unspecified atom stereocenters. The number of rotatable bonds is 1. The Morgan fingerprint density at radius 1 is 1.39 bits per heavy atom. The average molecular weight is 315 g/mol. The molecule has 0 aliphatic carbocycles. The van der Waals surface area contributed by atoms with Crippen LogP contribution in [-0.2, 0) is 0 Å². The third kappa shape index (κ3) is 2.42. The van der Waals surface area contributed by atoms with E-state index in [-0.39, 0.29) is 23.6 Å². The van der Waals surface area contributed by atoms with E-state index in [2.05, 4.69) is 21.2 Å². The number of hydrogen-bond donors (Lipinski definition) is 1. The molecule has 0 radical (unpaired) electrons. The molecular formula is C13H16BrFN2O. The van der Waals surface area contributed by atoms with Crippen LogP contribution in [0.1, 0.15) is 24.2 Å². The number of benzene rings is 1. The molecule has 18 heavy (non-hydrogen) atoms. The first-order valence-electron chi connectivity index (χ1n) is 5.99. The lowest BCUT2D eigenvalue weighted by molar-refractivity contribution is 0.0539. The van der Waals surface area contributed by atoms with Crippen LogP contribution in [0.4, 0.5) is 4.39 Å². The van der Waals surface area contributed by atoms with Gasteiger partial charge in [0.1, 0.15) is 5.82 Å². The summed E-state index contributed by atoms with van der Waals surface area (Å²) in [6, 6.07) is 4.94. The lowest BCUT2D eigenvalue weighted by Crippen LogP contribution is -2.57. The van der Waals surface area contributed by atoms with Crippen molar-refractivity contribution in [3.63, 3.8) is 0 Å². The number of nitrogens with one attached hydrogen (secondary N) is 1. The summed E-state index contributed by atoms with van der Waals surface area (Å²) in [4.78, 5) is 14.2. The molecular weight excluding hydrogens is 299 g/mol. The van der Waals surface area contributed by atoms with Crippen molar-refractivity contribution in [3.05, 3.63) is 34.1 Å². The highest BCUT2D eigenvalue weighted by molar-refractivity contribution is 9.10. The van der Waals surface area contributed by atoms with Crippen molar-refractivity contribution in [2.45, 2.75) is 25.9 Å². The Kier molecular flexibility index (Phi) is 4.02. The maximum atomic E-state index is 14.0. The minimum atomic E-state index is -0.486. The Morgan fingerprint density at radius 2 is 2.00 bits per heavy atom. The Balaban J connectivity index is 2.32. The predicted octanol–water partition coefficient (Wildman–Crippen LogP) is 2.41. The van der Waals surface area contributed by atoms with Gasteiger partial charge in [-0.3, -0.25) is 4.79 Å². The molecule has 3 nitrogen and oxygen atoms in total. The molecule has 0 saturated carbocycles. The summed E-state index contributed by atoms with van der Waals surface area (Å²) >= 11 is 3.11. The molecule has 1 saturated heterocycles. The van der Waals surface area contributed by atoms with Gasteiger partial charge in [-0.05, 0) is 41.9 Å². The van der Waals surface area contributed by atoms with Crippen LogP contribution in [0.25, 0.3) is 0 Å². The molecule has 0 aromatic heterocycles. The summed E-state index contributed by atoms with van der Waals surface area (Å²) in [7, 11) is 0. The first-order valence-corrected chi connectivity index (χ1v) is 6.79. The Bertz CT molecular complexity index is 456. The maximum absolute atomic E-state index is 14.0. The summed E-state index contributed by atoms with van der Waals surface area (Å²) < 4.78 is 14.3. The molecule has 2 rings (SSSR count). The molecule has 2 atom stereocenters. The zero-order valence-corrected chi connectivity index (χ0v) is 12.0. The van der Waals surface area contributed by atoms with Crippen LogP contribution in [0.5, 0.6) is 0 Å². The smallest absolute Gasteiger partial charge is 0.257 e. The van der Waals surface area contributed by atoms with Gasteiger partial charge in [0.05, 0.1) is 10.0 Å². The van der Waals surface area contributed by atoms with E-state index in [4.69, 9.17) is 0 Å². The summed E-state index contributed by atoms with van der Waals surface area (Å²) in [5.74, 6) is -0.726. The van der Waals surface area contributed by atoms with Gasteiger partial charge in [0, 0.05) is 25.2 Å². The Labute approximate surface area is 114 Å². The molecule has 5 heteroatoms. The van der Waals surface area contributed by atoms with Crippen molar-refractivity contribution >= 4 is 21.8 Å². The van der Waals surface area contributed by atoms with Gasteiger partial charge in [-0.1, -0.05) is 6.07 Å². The van der Waals surface area contributed by atoms with E-state index in [1.807, 2.05) is 13.8 Å². The van der Waals surface area contributed by atoms with E-state index in [0.29, 0.717) is 4.47 Å². The minimum Gasteiger partial charge on any atom is -0.331 e. The molecule has 1 amide bonds. The summed E-state index contributed by atoms with van der Waals surface area (Å²) in [5, 5.41) is 3.25. The van der Waals surface area contributed by atoms with Gasteiger partial charge >= 0.3 is 0 Å². The molecule has 1 aliphatic heterocycles. The minimum absolute atomic E-state index is 0.0691. The number of piperazine rings is 1. The van der Waals surface area contributed by atoms with Gasteiger partial charge in [-0.2, -0.15) is 0 Å². The summed E-state index contributed by atoms with van der Waals surface area (Å²) in [5.41, 5.74) is 0.130. The second-order valence-corrected chi connectivity index (χ2v) is 5.52. The molecule has 1 aromatic rings. The average Bonchev–Trinajstić information content (AvgIpc) is 2.32. The first-order chi connectivity index (χ1) is 8.52. The molecule has 1 heterocycles. The number of carbonyl (C=O) groups is 1. The monoisotopic (exact) mass is 314 g/mol. The van der Waals surface area contributed by atoms with Crippen LogP contribution in [0.15, 0.2) is 22.7 Å². The van der Waals surface area contributed by atoms with Crippen LogP contribution in [0, 0.1) is 5.82 Å². The summed E-state index contributed by atoms with van der Waals surface area (Å²) in [6.07, 6.45) is 0. The van der Waals surface area contributed by atoms with Crippen molar-refractivity contribution in [2.24, 2.45) is 0 Å². The Morgan fingerprint density at radius 3 is 2.61 bits per heavy atom. The van der Waals surface area contributed by atoms with Gasteiger partial charge in [0.2, 0.25) is 0 Å². The lowest BCUT2D eigenvalue weighted by atomic mass is 10.1. The number of nitrogens with zero attached hydrogens (tertiary/aromatic N) is 1. The van der Waals surface area contributed by atoms with Crippen molar-refractivity contribution in [3.8, 4) is 0 Å². The number of hydrogen-bond acceptors (Lipinski definition) is 2. The van der Waals surface area contributed by atoms with Crippen LogP contribution in [-0.4, -0.2) is 36.0 Å². The Hall–Kier alpha value is -0.940. The zero-order chi connectivity index (χ0) is 13.3. The van der Waals surface area contributed by atoms with Gasteiger partial charge in [0.15, 0.2) is 0 Å². The van der Waals surface area contributed by atoms with E-state index < -0.39 is 5.82 Å². The van der Waals surface area contributed by atoms with E-state index in [1.165, 1.54) is 6.07 Å². The topological polar surface area (TPSA) is 32.3 Å². The molecule has 1 aromatic carbocycles. The fourth-order valence-electron chi connectivity index (χ4n) is 2.34. The maximum Gasteiger partial charge on any atom is 0.257 e. The summed E-state index contributed by atoms with van der Waals surface area (Å²) in [6.45, 7) is 5.42.